The Balaban J connectivity index is 1.32. The lowest BCUT2D eigenvalue weighted by atomic mass is 9.74. The fourth-order valence-corrected chi connectivity index (χ4v) is 13.8. The van der Waals surface area contributed by atoms with Gasteiger partial charge < -0.3 is 47.1 Å². The minimum Gasteiger partial charge on any atom is -0.748 e. The van der Waals surface area contributed by atoms with Gasteiger partial charge in [0, 0.05) is 78.6 Å². The van der Waals surface area contributed by atoms with E-state index in [0.717, 1.165) is 12.1 Å². The number of anilines is 1. The van der Waals surface area contributed by atoms with Crippen molar-refractivity contribution in [1.29, 1.82) is 0 Å². The molecule has 0 aromatic heterocycles. The highest BCUT2D eigenvalue weighted by Gasteiger charge is 2.50. The fraction of sp³-hybridized carbons (Fsp3) is 0.367. The molecule has 4 aliphatic rings. The molecule has 1 fully saturated rings. The second kappa shape index (κ2) is 21.2. The van der Waals surface area contributed by atoms with Crippen molar-refractivity contribution in [2.24, 2.45) is 0 Å². The largest absolute Gasteiger partial charge is 0.748 e. The van der Waals surface area contributed by atoms with Gasteiger partial charge in [0.15, 0.2) is 5.71 Å². The summed E-state index contributed by atoms with van der Waals surface area (Å²) in [5.74, 6) is -5.01. The average molecular weight is 1210 g/mol. The number of amides is 2. The Morgan fingerprint density at radius 3 is 1.80 bits per heavy atom. The molecule has 4 aromatic rings. The minimum atomic E-state index is -5.52. The van der Waals surface area contributed by atoms with Crippen LogP contribution >= 0.6 is 0 Å². The molecule has 2 amide bonds. The van der Waals surface area contributed by atoms with Gasteiger partial charge in [-0.25, -0.2) is 46.9 Å². The van der Waals surface area contributed by atoms with Gasteiger partial charge in [0.25, 0.3) is 11.8 Å². The number of ketones is 1. The summed E-state index contributed by atoms with van der Waals surface area (Å²) in [5, 5.41) is 11.3. The van der Waals surface area contributed by atoms with Crippen LogP contribution in [0.25, 0.3) is 21.5 Å². The van der Waals surface area contributed by atoms with Crippen LogP contribution in [0.4, 0.5) is 11.4 Å². The molecule has 1 atom stereocenters. The number of nitrogens with zero attached hydrogens (tertiary/aromatic N) is 3. The molecule has 8 rings (SSSR count). The Morgan fingerprint density at radius 1 is 0.713 bits per heavy atom. The van der Waals surface area contributed by atoms with E-state index in [0.29, 0.717) is 17.2 Å². The number of hydroxylamine groups is 2. The van der Waals surface area contributed by atoms with Crippen LogP contribution in [0.3, 0.4) is 0 Å². The second-order valence-electron chi connectivity index (χ2n) is 19.7. The minimum absolute atomic E-state index is 0.0201. The molecule has 3 aliphatic heterocycles. The SMILES string of the molecule is COCCOCCN1/C(=C/C2=C(O)C(=CC3=[N+](CCCC(=O)ON4C(=O)CCC4=O)c4ccc5c(S(=O)(=O)[O-])cc(S(=O)(=O)[O-])cc5c4C3(C)C)C2=O)C(C)(CCCS(=O)(=O)[O-])c2c1ccc1c(S(=O)(=O)[O-])cc(S(=O)(=O)[O-])cc21. The lowest BCUT2D eigenvalue weighted by molar-refractivity contribution is -0.438. The first-order chi connectivity index (χ1) is 37.0. The second-order valence-corrected chi connectivity index (χ2v) is 26.7. The van der Waals surface area contributed by atoms with Crippen molar-refractivity contribution in [3.63, 3.8) is 0 Å². The van der Waals surface area contributed by atoms with Crippen molar-refractivity contribution < 1.29 is 108 Å². The summed E-state index contributed by atoms with van der Waals surface area (Å²) in [6.45, 7) is 4.34. The molecule has 3 heterocycles. The topological polar surface area (TPSA) is 412 Å². The predicted octanol–water partition coefficient (Wildman–Crippen LogP) is 2.34. The summed E-state index contributed by atoms with van der Waals surface area (Å²) in [6.07, 6.45) is 0.757. The van der Waals surface area contributed by atoms with Crippen LogP contribution in [0.15, 0.2) is 103 Å². The van der Waals surface area contributed by atoms with Crippen LogP contribution in [0, 0.1) is 0 Å². The highest BCUT2D eigenvalue weighted by atomic mass is 32.2. The van der Waals surface area contributed by atoms with Crippen LogP contribution < -0.4 is 4.90 Å². The number of rotatable bonds is 21. The molecular weight excluding hydrogens is 1160 g/mol. The van der Waals surface area contributed by atoms with E-state index in [1.54, 1.807) is 13.8 Å². The van der Waals surface area contributed by atoms with Crippen LogP contribution in [0.1, 0.15) is 70.4 Å². The smallest absolute Gasteiger partial charge is 0.333 e. The number of hydrogen-bond donors (Lipinski definition) is 1. The predicted molar refractivity (Wildman–Crippen MR) is 271 cm³/mol. The molecule has 0 bridgehead atoms. The van der Waals surface area contributed by atoms with E-state index < -0.39 is 134 Å². The van der Waals surface area contributed by atoms with Crippen molar-refractivity contribution in [3.8, 4) is 0 Å². The van der Waals surface area contributed by atoms with Gasteiger partial charge in [0.1, 0.15) is 52.8 Å². The van der Waals surface area contributed by atoms with E-state index in [1.807, 2.05) is 0 Å². The number of fused-ring (bicyclic) bond motifs is 6. The molecule has 80 heavy (non-hydrogen) atoms. The van der Waals surface area contributed by atoms with E-state index in [-0.39, 0.29) is 120 Å². The zero-order valence-electron chi connectivity index (χ0n) is 42.6. The third-order valence-corrected chi connectivity index (χ3v) is 18.4. The summed E-state index contributed by atoms with van der Waals surface area (Å²) in [4.78, 5) is 54.2. The summed E-state index contributed by atoms with van der Waals surface area (Å²) in [5.41, 5.74) is -3.34. The summed E-state index contributed by atoms with van der Waals surface area (Å²) < 4.78 is 199. The van der Waals surface area contributed by atoms with E-state index in [1.165, 1.54) is 59.9 Å². The average Bonchev–Trinajstić information content (AvgIpc) is 3.88. The zero-order chi connectivity index (χ0) is 59.0. The maximum atomic E-state index is 14.7. The molecule has 1 saturated heterocycles. The van der Waals surface area contributed by atoms with Gasteiger partial charge >= 0.3 is 5.97 Å². The van der Waals surface area contributed by atoms with E-state index in [9.17, 15) is 89.1 Å². The summed E-state index contributed by atoms with van der Waals surface area (Å²) >= 11 is 0. The first-order valence-electron chi connectivity index (χ1n) is 24.0. The number of ether oxygens (including phenoxy) is 2. The third-order valence-electron chi connectivity index (χ3n) is 14.2. The van der Waals surface area contributed by atoms with E-state index in [2.05, 4.69) is 0 Å². The summed E-state index contributed by atoms with van der Waals surface area (Å²) in [6, 6.07) is 7.60. The maximum absolute atomic E-state index is 14.7. The lowest BCUT2D eigenvalue weighted by Gasteiger charge is -2.32. The molecule has 430 valence electrons. The van der Waals surface area contributed by atoms with Gasteiger partial charge in [-0.1, -0.05) is 6.07 Å². The Labute approximate surface area is 458 Å². The molecule has 0 radical (unpaired) electrons. The van der Waals surface area contributed by atoms with Crippen LogP contribution in [0.2, 0.25) is 0 Å². The van der Waals surface area contributed by atoms with Crippen molar-refractivity contribution in [2.75, 3.05) is 50.7 Å². The first kappa shape index (κ1) is 59.8. The third kappa shape index (κ3) is 11.3. The molecule has 1 aliphatic carbocycles. The summed E-state index contributed by atoms with van der Waals surface area (Å²) in [7, 11) is -25.4. The molecular formula is C49H47N3O23S5-4. The van der Waals surface area contributed by atoms with Crippen LogP contribution in [-0.4, -0.2) is 155 Å². The number of aliphatic hydroxyl groups is 1. The Hall–Kier alpha value is -6.36. The number of aliphatic hydroxyl groups excluding tert-OH is 1. The number of benzene rings is 4. The van der Waals surface area contributed by atoms with Crippen molar-refractivity contribution in [2.45, 2.75) is 89.7 Å². The van der Waals surface area contributed by atoms with Crippen LogP contribution in [-0.2, 0) is 94.9 Å². The quantitative estimate of drug-likeness (QED) is 0.0411. The van der Waals surface area contributed by atoms with E-state index >= 15 is 0 Å². The molecule has 1 unspecified atom stereocenters. The normalized spacial score (nSPS) is 19.8. The number of hydrogen-bond acceptors (Lipinski definition) is 24. The number of imide groups is 1. The van der Waals surface area contributed by atoms with Gasteiger partial charge in [-0.05, 0) is 97.8 Å². The molecule has 26 nitrogen and oxygen atoms in total. The maximum Gasteiger partial charge on any atom is 0.333 e. The zero-order valence-corrected chi connectivity index (χ0v) is 46.7. The van der Waals surface area contributed by atoms with Crippen molar-refractivity contribution in [3.05, 3.63) is 94.4 Å². The number of methoxy groups -OCH3 is 1. The monoisotopic (exact) mass is 1210 g/mol. The molecule has 31 heteroatoms. The Morgan fingerprint density at radius 2 is 1.27 bits per heavy atom. The van der Waals surface area contributed by atoms with Gasteiger partial charge in [0.05, 0.1) is 72.5 Å². The van der Waals surface area contributed by atoms with E-state index in [4.69, 9.17) is 14.3 Å². The number of carbonyl (C=O) groups excluding carboxylic acids is 4. The molecule has 1 N–H and O–H groups in total. The highest BCUT2D eigenvalue weighted by Crippen LogP contribution is 2.55. The van der Waals surface area contributed by atoms with Crippen molar-refractivity contribution >= 4 is 113 Å². The Bertz CT molecular complexity index is 4110. The first-order valence-corrected chi connectivity index (χ1v) is 31.2. The molecule has 0 saturated carbocycles. The number of carbonyl (C=O) groups is 4. The van der Waals surface area contributed by atoms with Gasteiger partial charge in [-0.3, -0.25) is 14.4 Å². The van der Waals surface area contributed by atoms with Gasteiger partial charge in [0.2, 0.25) is 11.5 Å². The van der Waals surface area contributed by atoms with Gasteiger partial charge in [-0.2, -0.15) is 4.58 Å². The van der Waals surface area contributed by atoms with Crippen molar-refractivity contribution in [1.82, 2.24) is 5.06 Å². The fourth-order valence-electron chi connectivity index (χ4n) is 10.7. The lowest BCUT2D eigenvalue weighted by Crippen LogP contribution is -2.34. The number of Topliss-reactive ketones (excluding diaryl/α,β-unsaturated/α-hetero) is 1. The number of allylic oxidation sites excluding steroid dienone is 5. The Kier molecular flexibility index (Phi) is 15.8. The highest BCUT2D eigenvalue weighted by molar-refractivity contribution is 7.87. The standard InChI is InChI=1S/C49H51N3O23S5/c1-48(2)39(50(15-5-7-43(55)75-52-41(53)12-13-42(52)54)35-10-8-29-31(44(35)48)21-27(77(61,62)63)23-37(29)79(67,68)69)25-33-46(56)34(47(33)57)26-40-49(3,14-6-20-76(58,59)60)45-32-22-28(78(64,65)66)24-38(80(70,71)72)30(32)9-11-36(45)51(40)16-17-74-19-18-73-4/h8-11,21-26H,5-7,12-20H2,1-4H3,(H5-,56,57,58,59,60,61,62,63,64,65,66,67,68,69,70,71,72)/p-4. The molecule has 0 spiro atoms. The molecule has 4 aromatic carbocycles. The van der Waals surface area contributed by atoms with Gasteiger partial charge in [-0.15, -0.1) is 5.06 Å². The van der Waals surface area contributed by atoms with Crippen LogP contribution in [0.5, 0.6) is 0 Å².